The summed E-state index contributed by atoms with van der Waals surface area (Å²) >= 11 is 0. The molecule has 5 aliphatic rings. The highest BCUT2D eigenvalue weighted by Crippen LogP contribution is 2.66. The Bertz CT molecular complexity index is 1660. The molecule has 2 heterocycles. The topological polar surface area (TPSA) is 102 Å². The van der Waals surface area contributed by atoms with E-state index in [9.17, 15) is 33.2 Å². The van der Waals surface area contributed by atoms with Gasteiger partial charge in [-0.15, -0.1) is 0 Å². The maximum atomic E-state index is 14.4. The average Bonchev–Trinajstić information content (AvgIpc) is 3.38. The van der Waals surface area contributed by atoms with Crippen LogP contribution in [0.1, 0.15) is 43.2 Å². The number of nitro groups is 1. The van der Waals surface area contributed by atoms with Crippen molar-refractivity contribution in [3.8, 4) is 0 Å². The number of amides is 1. The molecule has 1 spiro atoms. The van der Waals surface area contributed by atoms with Crippen molar-refractivity contribution >= 4 is 11.6 Å². The molecule has 3 aliphatic carbocycles. The standard InChI is InChI=1S/C35H36F3N3O5/c1-41(19-16-22-9-4-2-5-10-22)20-18-33-25-13-8-14-27(33)46-31-28(33)24(21-26(25)41)15-17-34(31,43)39-32(42)29(35(36,37)38)30(40(44)45)23-11-6-3-7-12-23/h2-7,9-12,15,17,25-27,31,43H,8,13-14,16,18-21H2,1H3/p+1/t25-,26+,27-,31?,33+,34?,41?/m0/s1. The third kappa shape index (κ3) is 4.74. The second-order valence-corrected chi connectivity index (χ2v) is 13.7. The van der Waals surface area contributed by atoms with Crippen LogP contribution in [0.3, 0.4) is 0 Å². The fourth-order valence-electron chi connectivity index (χ4n) is 9.30. The summed E-state index contributed by atoms with van der Waals surface area (Å²) in [7, 11) is 2.33. The fourth-order valence-corrected chi connectivity index (χ4v) is 9.30. The Kier molecular flexibility index (Phi) is 7.30. The minimum absolute atomic E-state index is 0.244. The maximum absolute atomic E-state index is 14.4. The Morgan fingerprint density at radius 1 is 1.13 bits per heavy atom. The van der Waals surface area contributed by atoms with E-state index in [0.29, 0.717) is 6.04 Å². The van der Waals surface area contributed by atoms with Crippen molar-refractivity contribution in [2.24, 2.45) is 11.3 Å². The number of carbonyl (C=O) groups excluding carboxylic acids is 1. The lowest BCUT2D eigenvalue weighted by molar-refractivity contribution is -0.945. The van der Waals surface area contributed by atoms with Gasteiger partial charge in [-0.3, -0.25) is 14.9 Å². The van der Waals surface area contributed by atoms with E-state index in [1.54, 1.807) is 6.08 Å². The zero-order valence-electron chi connectivity index (χ0n) is 25.5. The van der Waals surface area contributed by atoms with Crippen LogP contribution < -0.4 is 5.32 Å². The van der Waals surface area contributed by atoms with Crippen molar-refractivity contribution in [1.29, 1.82) is 0 Å². The maximum Gasteiger partial charge on any atom is 0.428 e. The van der Waals surface area contributed by atoms with E-state index >= 15 is 0 Å². The van der Waals surface area contributed by atoms with Crippen LogP contribution in [0.2, 0.25) is 0 Å². The van der Waals surface area contributed by atoms with E-state index in [4.69, 9.17) is 4.74 Å². The fraction of sp³-hybridized carbons (Fsp3) is 0.457. The first-order valence-electron chi connectivity index (χ1n) is 15.9. The van der Waals surface area contributed by atoms with Crippen molar-refractivity contribution in [2.75, 3.05) is 20.1 Å². The highest BCUT2D eigenvalue weighted by atomic mass is 19.4. The number of allylic oxidation sites excluding steroid dienone is 1. The van der Waals surface area contributed by atoms with Gasteiger partial charge in [0.2, 0.25) is 0 Å². The molecule has 2 aromatic rings. The average molecular weight is 637 g/mol. The summed E-state index contributed by atoms with van der Waals surface area (Å²) in [5, 5.41) is 26.1. The Morgan fingerprint density at radius 2 is 1.83 bits per heavy atom. The molecule has 0 radical (unpaired) electrons. The van der Waals surface area contributed by atoms with Gasteiger partial charge in [0.05, 0.1) is 42.8 Å². The minimum Gasteiger partial charge on any atom is -0.365 e. The number of quaternary nitrogens is 1. The molecule has 46 heavy (non-hydrogen) atoms. The van der Waals surface area contributed by atoms with Gasteiger partial charge in [-0.1, -0.05) is 61.0 Å². The summed E-state index contributed by atoms with van der Waals surface area (Å²) < 4.78 is 50.8. The van der Waals surface area contributed by atoms with Gasteiger partial charge in [0, 0.05) is 30.6 Å². The molecule has 1 saturated carbocycles. The zero-order chi connectivity index (χ0) is 32.5. The molecule has 2 bridgehead atoms. The monoisotopic (exact) mass is 636 g/mol. The van der Waals surface area contributed by atoms with E-state index in [1.807, 2.05) is 6.07 Å². The normalized spacial score (nSPS) is 34.9. The predicted molar refractivity (Wildman–Crippen MR) is 163 cm³/mol. The number of benzene rings is 2. The summed E-state index contributed by atoms with van der Waals surface area (Å²) in [5.74, 6) is -1.52. The SMILES string of the molecule is C[N+]1(CCc2ccccc2)CC[C@]23C4=C5C=CC(O)(NC(=O)C(=C(c6ccccc6)[N+](=O)[O-])C(F)(F)F)C4O[C@H]2CCC[C@H]3[C@H]1C5. The third-order valence-corrected chi connectivity index (χ3v) is 11.3. The minimum atomic E-state index is -5.38. The predicted octanol–water partition coefficient (Wildman–Crippen LogP) is 5.33. The molecule has 7 rings (SSSR count). The van der Waals surface area contributed by atoms with Crippen molar-refractivity contribution in [2.45, 2.75) is 68.7 Å². The molecular formula is C35H37F3N3O5+. The van der Waals surface area contributed by atoms with E-state index in [2.05, 4.69) is 36.6 Å². The lowest BCUT2D eigenvalue weighted by atomic mass is 9.50. The number of rotatable bonds is 7. The van der Waals surface area contributed by atoms with Gasteiger partial charge in [-0.2, -0.15) is 13.2 Å². The molecule has 242 valence electrons. The van der Waals surface area contributed by atoms with E-state index in [0.717, 1.165) is 79.4 Å². The quantitative estimate of drug-likeness (QED) is 0.141. The number of carbonyl (C=O) groups is 1. The van der Waals surface area contributed by atoms with Gasteiger partial charge >= 0.3 is 6.18 Å². The van der Waals surface area contributed by atoms with Crippen LogP contribution in [-0.2, 0) is 16.0 Å². The summed E-state index contributed by atoms with van der Waals surface area (Å²) in [6, 6.07) is 17.2. The number of halogens is 3. The van der Waals surface area contributed by atoms with Crippen LogP contribution in [0.15, 0.2) is 89.5 Å². The summed E-state index contributed by atoms with van der Waals surface area (Å²) in [6.45, 7) is 1.88. The summed E-state index contributed by atoms with van der Waals surface area (Å²) in [6.07, 6.45) is 1.51. The van der Waals surface area contributed by atoms with Gasteiger partial charge < -0.3 is 19.6 Å². The van der Waals surface area contributed by atoms with Crippen LogP contribution in [0, 0.1) is 21.4 Å². The lowest BCUT2D eigenvalue weighted by Crippen LogP contribution is -2.69. The van der Waals surface area contributed by atoms with Gasteiger partial charge in [-0.05, 0) is 47.8 Å². The molecule has 1 amide bonds. The number of likely N-dealkylation sites (N-methyl/N-ethyl adjacent to an activating group) is 1. The first-order valence-corrected chi connectivity index (χ1v) is 15.9. The lowest BCUT2D eigenvalue weighted by Gasteiger charge is -2.61. The first kappa shape index (κ1) is 30.8. The van der Waals surface area contributed by atoms with Crippen molar-refractivity contribution < 1.29 is 37.2 Å². The van der Waals surface area contributed by atoms with Gasteiger partial charge in [-0.25, -0.2) is 0 Å². The molecule has 8 nitrogen and oxygen atoms in total. The Hall–Kier alpha value is -3.80. The number of ether oxygens (including phenoxy) is 1. The number of nitrogens with one attached hydrogen (secondary N) is 1. The van der Waals surface area contributed by atoms with Crippen molar-refractivity contribution in [1.82, 2.24) is 5.32 Å². The highest BCUT2D eigenvalue weighted by molar-refractivity contribution is 6.01. The van der Waals surface area contributed by atoms with E-state index in [-0.39, 0.29) is 23.0 Å². The molecule has 7 atom stereocenters. The zero-order valence-corrected chi connectivity index (χ0v) is 25.5. The largest absolute Gasteiger partial charge is 0.428 e. The Morgan fingerprint density at radius 3 is 2.50 bits per heavy atom. The smallest absolute Gasteiger partial charge is 0.365 e. The number of piperidine rings is 1. The van der Waals surface area contributed by atoms with Gasteiger partial charge in [0.1, 0.15) is 6.10 Å². The first-order chi connectivity index (χ1) is 21.9. The number of alkyl halides is 3. The number of aliphatic hydroxyl groups is 1. The second-order valence-electron chi connectivity index (χ2n) is 13.7. The molecule has 3 fully saturated rings. The van der Waals surface area contributed by atoms with Crippen molar-refractivity contribution in [3.05, 3.63) is 111 Å². The Balaban J connectivity index is 1.23. The second kappa shape index (κ2) is 10.9. The molecule has 2 N–H and O–H groups in total. The number of nitrogens with zero attached hydrogens (tertiary/aromatic N) is 2. The molecule has 0 aromatic heterocycles. The van der Waals surface area contributed by atoms with Gasteiger partial charge in [0.25, 0.3) is 11.6 Å². The highest BCUT2D eigenvalue weighted by Gasteiger charge is 2.70. The molecular weight excluding hydrogens is 599 g/mol. The Labute approximate surface area is 265 Å². The molecule has 2 saturated heterocycles. The van der Waals surface area contributed by atoms with E-state index in [1.165, 1.54) is 29.8 Å². The number of hydrogen-bond donors (Lipinski definition) is 2. The summed E-state index contributed by atoms with van der Waals surface area (Å²) in [5.41, 5.74) is -3.25. The third-order valence-electron chi connectivity index (χ3n) is 11.3. The van der Waals surface area contributed by atoms with Crippen molar-refractivity contribution in [3.63, 3.8) is 0 Å². The molecule has 3 unspecified atom stereocenters. The molecule has 2 aliphatic heterocycles. The van der Waals surface area contributed by atoms with Gasteiger partial charge in [0.15, 0.2) is 11.3 Å². The number of hydrogen-bond acceptors (Lipinski definition) is 5. The number of likely N-dealkylation sites (tertiary alicyclic amines) is 1. The van der Waals surface area contributed by atoms with Crippen LogP contribution in [0.5, 0.6) is 0 Å². The van der Waals surface area contributed by atoms with Crippen LogP contribution in [0.4, 0.5) is 13.2 Å². The van der Waals surface area contributed by atoms with Crippen LogP contribution >= 0.6 is 0 Å². The van der Waals surface area contributed by atoms with E-state index < -0.39 is 40.1 Å². The van der Waals surface area contributed by atoms with Crippen LogP contribution in [-0.4, -0.2) is 70.7 Å². The summed E-state index contributed by atoms with van der Waals surface area (Å²) in [4.78, 5) is 24.2. The molecule has 11 heteroatoms. The van der Waals surface area contributed by atoms with Crippen LogP contribution in [0.25, 0.3) is 5.70 Å². The molecule has 2 aromatic carbocycles.